The molecule has 0 aliphatic carbocycles. The first-order valence-electron chi connectivity index (χ1n) is 8.66. The van der Waals surface area contributed by atoms with Crippen molar-refractivity contribution >= 4 is 42.3 Å². The molecule has 0 aromatic carbocycles. The van der Waals surface area contributed by atoms with Crippen molar-refractivity contribution in [2.24, 2.45) is 11.7 Å². The van der Waals surface area contributed by atoms with Crippen molar-refractivity contribution in [2.45, 2.75) is 57.8 Å². The molecule has 0 aliphatic rings. The van der Waals surface area contributed by atoms with Gasteiger partial charge in [-0.15, -0.1) is 0 Å². The summed E-state index contributed by atoms with van der Waals surface area (Å²) in [6, 6.07) is -4.80. The Morgan fingerprint density at radius 2 is 1.46 bits per heavy atom. The van der Waals surface area contributed by atoms with Crippen LogP contribution >= 0.6 is 12.6 Å². The third-order valence-electron chi connectivity index (χ3n) is 4.12. The molecule has 5 atom stereocenters. The normalized spacial score (nSPS) is 16.0. The van der Waals surface area contributed by atoms with Crippen molar-refractivity contribution in [3.05, 3.63) is 0 Å². The van der Waals surface area contributed by atoms with E-state index in [1.165, 1.54) is 6.92 Å². The number of carbonyl (C=O) groups excluding carboxylic acids is 3. The second-order valence-corrected chi connectivity index (χ2v) is 6.75. The first-order chi connectivity index (χ1) is 12.9. The molecule has 0 fully saturated rings. The second-order valence-electron chi connectivity index (χ2n) is 6.38. The number of carboxylic acid groups (broad SMARTS) is 2. The van der Waals surface area contributed by atoms with Crippen LogP contribution in [0.5, 0.6) is 0 Å². The van der Waals surface area contributed by atoms with E-state index in [4.69, 9.17) is 15.9 Å². The molecule has 7 N–H and O–H groups in total. The molecule has 0 saturated carbocycles. The van der Waals surface area contributed by atoms with Gasteiger partial charge < -0.3 is 31.9 Å². The molecule has 0 aromatic heterocycles. The average molecular weight is 420 g/mol. The summed E-state index contributed by atoms with van der Waals surface area (Å²) in [5.74, 6) is -5.37. The number of rotatable bonds is 12. The van der Waals surface area contributed by atoms with E-state index in [2.05, 4.69) is 28.6 Å². The molecule has 0 aromatic rings. The van der Waals surface area contributed by atoms with Gasteiger partial charge in [0.25, 0.3) is 0 Å². The minimum Gasteiger partial charge on any atom is -0.481 e. The fraction of sp³-hybridized carbons (Fsp3) is 0.688. The van der Waals surface area contributed by atoms with Gasteiger partial charge in [-0.25, -0.2) is 4.79 Å². The zero-order valence-electron chi connectivity index (χ0n) is 16.0. The van der Waals surface area contributed by atoms with Crippen LogP contribution in [0.3, 0.4) is 0 Å². The Bertz CT molecular complexity index is 602. The van der Waals surface area contributed by atoms with E-state index in [1.807, 2.05) is 6.92 Å². The number of nitrogens with two attached hydrogens (primary N) is 1. The fourth-order valence-electron chi connectivity index (χ4n) is 2.03. The minimum atomic E-state index is -1.45. The predicted molar refractivity (Wildman–Crippen MR) is 103 cm³/mol. The highest BCUT2D eigenvalue weighted by Crippen LogP contribution is 2.06. The number of nitrogens with one attached hydrogen (secondary N) is 3. The fourth-order valence-corrected chi connectivity index (χ4v) is 2.27. The van der Waals surface area contributed by atoms with Crippen molar-refractivity contribution in [3.63, 3.8) is 0 Å². The summed E-state index contributed by atoms with van der Waals surface area (Å²) >= 11 is 3.81. The van der Waals surface area contributed by atoms with Crippen LogP contribution in [-0.4, -0.2) is 69.8 Å². The molecule has 0 aliphatic heterocycles. The summed E-state index contributed by atoms with van der Waals surface area (Å²) in [6.45, 7) is 4.85. The highest BCUT2D eigenvalue weighted by Gasteiger charge is 2.30. The standard InChI is InChI=1S/C16H28N4O7S/c1-4-7(2)12(17)15(25)19-9(5-11(21)22)14(24)18-8(3)13(23)20-10(6-28)16(26)27/h7-10,12,28H,4-6,17H2,1-3H3,(H,18,24)(H,19,25)(H,20,23)(H,21,22)(H,26,27). The van der Waals surface area contributed by atoms with Crippen LogP contribution in [0.15, 0.2) is 0 Å². The monoisotopic (exact) mass is 420 g/mol. The van der Waals surface area contributed by atoms with Crippen LogP contribution in [0.25, 0.3) is 0 Å². The van der Waals surface area contributed by atoms with E-state index in [0.717, 1.165) is 0 Å². The van der Waals surface area contributed by atoms with Gasteiger partial charge in [0.05, 0.1) is 12.5 Å². The van der Waals surface area contributed by atoms with Crippen LogP contribution in [-0.2, 0) is 24.0 Å². The van der Waals surface area contributed by atoms with Gasteiger partial charge in [0.2, 0.25) is 17.7 Å². The Labute approximate surface area is 168 Å². The highest BCUT2D eigenvalue weighted by atomic mass is 32.1. The van der Waals surface area contributed by atoms with Gasteiger partial charge in [-0.3, -0.25) is 19.2 Å². The molecule has 0 radical (unpaired) electrons. The molecule has 0 heterocycles. The molecule has 160 valence electrons. The van der Waals surface area contributed by atoms with Crippen LogP contribution < -0.4 is 21.7 Å². The maximum absolute atomic E-state index is 12.3. The number of hydrogen-bond donors (Lipinski definition) is 7. The van der Waals surface area contributed by atoms with E-state index in [1.54, 1.807) is 6.92 Å². The molecule has 0 saturated heterocycles. The lowest BCUT2D eigenvalue weighted by molar-refractivity contribution is -0.142. The number of carbonyl (C=O) groups is 5. The molecule has 3 amide bonds. The largest absolute Gasteiger partial charge is 0.481 e. The van der Waals surface area contributed by atoms with Crippen molar-refractivity contribution in [2.75, 3.05) is 5.75 Å². The topological polar surface area (TPSA) is 188 Å². The Morgan fingerprint density at radius 3 is 1.89 bits per heavy atom. The van der Waals surface area contributed by atoms with Crippen molar-refractivity contribution in [3.8, 4) is 0 Å². The van der Waals surface area contributed by atoms with Gasteiger partial charge in [-0.05, 0) is 12.8 Å². The lowest BCUT2D eigenvalue weighted by Crippen LogP contribution is -2.57. The number of amides is 3. The minimum absolute atomic E-state index is 0.160. The van der Waals surface area contributed by atoms with Crippen LogP contribution in [0.1, 0.15) is 33.6 Å². The van der Waals surface area contributed by atoms with E-state index in [9.17, 15) is 24.0 Å². The summed E-state index contributed by atoms with van der Waals surface area (Å²) in [7, 11) is 0. The molecule has 11 nitrogen and oxygen atoms in total. The Balaban J connectivity index is 5.06. The number of carboxylic acids is 2. The summed E-state index contributed by atoms with van der Waals surface area (Å²) in [5.41, 5.74) is 5.78. The molecule has 0 spiro atoms. The third kappa shape index (κ3) is 8.57. The number of aliphatic carboxylic acids is 2. The van der Waals surface area contributed by atoms with Gasteiger partial charge >= 0.3 is 11.9 Å². The average Bonchev–Trinajstić information content (AvgIpc) is 2.62. The molecule has 12 heteroatoms. The van der Waals surface area contributed by atoms with Gasteiger partial charge in [0, 0.05) is 5.75 Å². The van der Waals surface area contributed by atoms with Crippen molar-refractivity contribution in [1.82, 2.24) is 16.0 Å². The zero-order chi connectivity index (χ0) is 22.0. The van der Waals surface area contributed by atoms with Gasteiger partial charge in [-0.1, -0.05) is 20.3 Å². The molecular formula is C16H28N4O7S. The highest BCUT2D eigenvalue weighted by molar-refractivity contribution is 7.80. The van der Waals surface area contributed by atoms with E-state index in [-0.39, 0.29) is 11.7 Å². The molecule has 28 heavy (non-hydrogen) atoms. The van der Waals surface area contributed by atoms with Gasteiger partial charge in [0.1, 0.15) is 18.1 Å². The quantitative estimate of drug-likeness (QED) is 0.182. The molecule has 0 bridgehead atoms. The lowest BCUT2D eigenvalue weighted by Gasteiger charge is -2.24. The van der Waals surface area contributed by atoms with Crippen LogP contribution in [0.2, 0.25) is 0 Å². The first kappa shape index (κ1) is 25.7. The van der Waals surface area contributed by atoms with E-state index in [0.29, 0.717) is 6.42 Å². The summed E-state index contributed by atoms with van der Waals surface area (Å²) < 4.78 is 0. The second kappa shape index (κ2) is 12.2. The number of hydrogen-bond acceptors (Lipinski definition) is 7. The van der Waals surface area contributed by atoms with Crippen molar-refractivity contribution < 1.29 is 34.2 Å². The van der Waals surface area contributed by atoms with Crippen LogP contribution in [0.4, 0.5) is 0 Å². The SMILES string of the molecule is CCC(C)C(N)C(=O)NC(CC(=O)O)C(=O)NC(C)C(=O)NC(CS)C(=O)O. The lowest BCUT2D eigenvalue weighted by atomic mass is 9.99. The zero-order valence-corrected chi connectivity index (χ0v) is 16.9. The summed E-state index contributed by atoms with van der Waals surface area (Å²) in [5, 5.41) is 24.6. The smallest absolute Gasteiger partial charge is 0.327 e. The maximum Gasteiger partial charge on any atom is 0.327 e. The number of thiol groups is 1. The van der Waals surface area contributed by atoms with E-state index >= 15 is 0 Å². The molecule has 0 rings (SSSR count). The Hall–Kier alpha value is -2.34. The summed E-state index contributed by atoms with van der Waals surface area (Å²) in [4.78, 5) is 58.5. The van der Waals surface area contributed by atoms with Crippen LogP contribution in [0, 0.1) is 5.92 Å². The van der Waals surface area contributed by atoms with Gasteiger partial charge in [-0.2, -0.15) is 12.6 Å². The predicted octanol–water partition coefficient (Wildman–Crippen LogP) is -1.68. The van der Waals surface area contributed by atoms with E-state index < -0.39 is 60.2 Å². The first-order valence-corrected chi connectivity index (χ1v) is 9.29. The Morgan fingerprint density at radius 1 is 0.929 bits per heavy atom. The molecule has 5 unspecified atom stereocenters. The maximum atomic E-state index is 12.3. The summed E-state index contributed by atoms with van der Waals surface area (Å²) in [6.07, 6.45) is -0.106. The molecular weight excluding hydrogens is 392 g/mol. The van der Waals surface area contributed by atoms with Crippen molar-refractivity contribution in [1.29, 1.82) is 0 Å². The Kier molecular flexibility index (Phi) is 11.2. The van der Waals surface area contributed by atoms with Gasteiger partial charge in [0.15, 0.2) is 0 Å². The third-order valence-corrected chi connectivity index (χ3v) is 4.49.